The summed E-state index contributed by atoms with van der Waals surface area (Å²) in [5.41, 5.74) is 8.43. The van der Waals surface area contributed by atoms with Crippen molar-refractivity contribution in [3.8, 4) is 51.0 Å². The standard InChI is InChI=1S/C49H30N4S/c1-3-13-31(14-4-1)47-50-48(35-24-25-38-37-19-9-11-21-43(37)53(44(38)29-35)36-17-5-2-6-18-36)52-49(51-47)42-28-33-16-8-7-15-32(33)27-41(42)34-23-26-40-39-20-10-12-22-45(39)54-46(40)30-34/h1-30H. The van der Waals surface area contributed by atoms with Gasteiger partial charge < -0.3 is 4.57 Å². The summed E-state index contributed by atoms with van der Waals surface area (Å²) < 4.78 is 4.89. The van der Waals surface area contributed by atoms with Crippen LogP contribution in [0.3, 0.4) is 0 Å². The summed E-state index contributed by atoms with van der Waals surface area (Å²) in [4.78, 5) is 15.7. The van der Waals surface area contributed by atoms with E-state index in [1.807, 2.05) is 29.5 Å². The Labute approximate surface area is 315 Å². The highest BCUT2D eigenvalue weighted by Gasteiger charge is 2.19. The second-order valence-electron chi connectivity index (χ2n) is 13.6. The van der Waals surface area contributed by atoms with E-state index in [1.165, 1.54) is 36.3 Å². The Balaban J connectivity index is 1.16. The lowest BCUT2D eigenvalue weighted by Gasteiger charge is -2.14. The van der Waals surface area contributed by atoms with Gasteiger partial charge in [0.2, 0.25) is 0 Å². The highest BCUT2D eigenvalue weighted by Crippen LogP contribution is 2.41. The number of para-hydroxylation sites is 2. The van der Waals surface area contributed by atoms with E-state index in [4.69, 9.17) is 15.0 Å². The van der Waals surface area contributed by atoms with Gasteiger partial charge in [-0.2, -0.15) is 0 Å². The Morgan fingerprint density at radius 2 is 0.926 bits per heavy atom. The number of hydrogen-bond acceptors (Lipinski definition) is 4. The summed E-state index contributed by atoms with van der Waals surface area (Å²) in [5.74, 6) is 1.91. The van der Waals surface area contributed by atoms with E-state index >= 15 is 0 Å². The second kappa shape index (κ2) is 12.3. The van der Waals surface area contributed by atoms with Crippen LogP contribution in [0, 0.1) is 0 Å². The molecule has 0 spiro atoms. The summed E-state index contributed by atoms with van der Waals surface area (Å²) in [6, 6.07) is 64.5. The molecule has 8 aromatic carbocycles. The Kier molecular flexibility index (Phi) is 7.00. The highest BCUT2D eigenvalue weighted by atomic mass is 32.1. The normalized spacial score (nSPS) is 11.7. The highest BCUT2D eigenvalue weighted by molar-refractivity contribution is 7.25. The third kappa shape index (κ3) is 5.01. The summed E-state index contributed by atoms with van der Waals surface area (Å²) in [6.07, 6.45) is 0. The van der Waals surface area contributed by atoms with Crippen LogP contribution in [0.15, 0.2) is 182 Å². The maximum absolute atomic E-state index is 5.32. The van der Waals surface area contributed by atoms with Crippen molar-refractivity contribution in [3.63, 3.8) is 0 Å². The molecule has 0 aliphatic rings. The molecule has 0 N–H and O–H groups in total. The Morgan fingerprint density at radius 3 is 1.74 bits per heavy atom. The molecular weight excluding hydrogens is 677 g/mol. The first-order chi connectivity index (χ1) is 26.7. The molecule has 54 heavy (non-hydrogen) atoms. The SMILES string of the molecule is c1ccc(-c2nc(-c3ccc4c5ccccc5n(-c5ccccc5)c4c3)nc(-c3cc4ccccc4cc3-c3ccc4c(c3)sc3ccccc34)n2)cc1. The molecule has 0 radical (unpaired) electrons. The van der Waals surface area contributed by atoms with Crippen molar-refractivity contribution in [2.45, 2.75) is 0 Å². The molecule has 0 saturated heterocycles. The molecular formula is C49H30N4S. The third-order valence-electron chi connectivity index (χ3n) is 10.4. The molecule has 11 aromatic rings. The number of hydrogen-bond donors (Lipinski definition) is 0. The number of aromatic nitrogens is 4. The van der Waals surface area contributed by atoms with Crippen molar-refractivity contribution in [1.82, 2.24) is 19.5 Å². The van der Waals surface area contributed by atoms with Crippen LogP contribution in [-0.4, -0.2) is 19.5 Å². The number of benzene rings is 8. The fourth-order valence-electron chi connectivity index (χ4n) is 7.86. The van der Waals surface area contributed by atoms with Crippen LogP contribution in [0.2, 0.25) is 0 Å². The van der Waals surface area contributed by atoms with Crippen LogP contribution in [0.1, 0.15) is 0 Å². The fraction of sp³-hybridized carbons (Fsp3) is 0. The maximum Gasteiger partial charge on any atom is 0.164 e. The summed E-state index contributed by atoms with van der Waals surface area (Å²) in [6.45, 7) is 0. The van der Waals surface area contributed by atoms with Crippen LogP contribution in [-0.2, 0) is 0 Å². The zero-order chi connectivity index (χ0) is 35.6. The van der Waals surface area contributed by atoms with Crippen LogP contribution in [0.5, 0.6) is 0 Å². The largest absolute Gasteiger partial charge is 0.309 e. The zero-order valence-corrected chi connectivity index (χ0v) is 29.8. The first-order valence-corrected chi connectivity index (χ1v) is 18.9. The molecule has 11 rings (SSSR count). The van der Waals surface area contributed by atoms with Gasteiger partial charge in [0.15, 0.2) is 17.5 Å². The minimum atomic E-state index is 0.629. The predicted molar refractivity (Wildman–Crippen MR) is 226 cm³/mol. The van der Waals surface area contributed by atoms with Crippen molar-refractivity contribution in [1.29, 1.82) is 0 Å². The van der Waals surface area contributed by atoms with Gasteiger partial charge in [-0.15, -0.1) is 11.3 Å². The minimum absolute atomic E-state index is 0.629. The first-order valence-electron chi connectivity index (χ1n) is 18.1. The number of rotatable bonds is 5. The van der Waals surface area contributed by atoms with Gasteiger partial charge in [0.25, 0.3) is 0 Å². The smallest absolute Gasteiger partial charge is 0.164 e. The van der Waals surface area contributed by atoms with E-state index in [0.717, 1.165) is 49.9 Å². The molecule has 3 aromatic heterocycles. The number of thiophene rings is 1. The molecule has 0 aliphatic carbocycles. The Hall–Kier alpha value is -6.95. The molecule has 0 unspecified atom stereocenters. The van der Waals surface area contributed by atoms with Crippen molar-refractivity contribution < 1.29 is 0 Å². The molecule has 4 nitrogen and oxygen atoms in total. The summed E-state index contributed by atoms with van der Waals surface area (Å²) in [7, 11) is 0. The summed E-state index contributed by atoms with van der Waals surface area (Å²) >= 11 is 1.83. The maximum atomic E-state index is 5.32. The van der Waals surface area contributed by atoms with Crippen LogP contribution >= 0.6 is 11.3 Å². The van der Waals surface area contributed by atoms with Gasteiger partial charge in [0.05, 0.1) is 11.0 Å². The van der Waals surface area contributed by atoms with E-state index in [9.17, 15) is 0 Å². The topological polar surface area (TPSA) is 43.6 Å². The van der Waals surface area contributed by atoms with E-state index in [0.29, 0.717) is 17.5 Å². The van der Waals surface area contributed by atoms with Gasteiger partial charge in [0.1, 0.15) is 0 Å². The lowest BCUT2D eigenvalue weighted by Crippen LogP contribution is -2.01. The van der Waals surface area contributed by atoms with Gasteiger partial charge in [-0.25, -0.2) is 15.0 Å². The molecule has 5 heteroatoms. The van der Waals surface area contributed by atoms with Gasteiger partial charge in [-0.05, 0) is 70.4 Å². The molecule has 0 aliphatic heterocycles. The van der Waals surface area contributed by atoms with Crippen LogP contribution in [0.25, 0.3) is 104 Å². The first kappa shape index (κ1) is 30.7. The lowest BCUT2D eigenvalue weighted by molar-refractivity contribution is 1.07. The van der Waals surface area contributed by atoms with E-state index in [-0.39, 0.29) is 0 Å². The molecule has 3 heterocycles. The number of fused-ring (bicyclic) bond motifs is 7. The van der Waals surface area contributed by atoms with Gasteiger partial charge in [0, 0.05) is 53.3 Å². The second-order valence-corrected chi connectivity index (χ2v) is 14.7. The monoisotopic (exact) mass is 706 g/mol. The van der Waals surface area contributed by atoms with E-state index < -0.39 is 0 Å². The average Bonchev–Trinajstić information content (AvgIpc) is 3.78. The van der Waals surface area contributed by atoms with E-state index in [2.05, 4.69) is 168 Å². The molecule has 0 fully saturated rings. The van der Waals surface area contributed by atoms with Crippen molar-refractivity contribution in [3.05, 3.63) is 182 Å². The van der Waals surface area contributed by atoms with Crippen LogP contribution < -0.4 is 0 Å². The Bertz CT molecular complexity index is 3220. The molecule has 0 amide bonds. The Morgan fingerprint density at radius 1 is 0.352 bits per heavy atom. The van der Waals surface area contributed by atoms with Gasteiger partial charge in [-0.1, -0.05) is 133 Å². The van der Waals surface area contributed by atoms with Gasteiger partial charge >= 0.3 is 0 Å². The van der Waals surface area contributed by atoms with Crippen LogP contribution in [0.4, 0.5) is 0 Å². The fourth-order valence-corrected chi connectivity index (χ4v) is 9.01. The number of nitrogens with zero attached hydrogens (tertiary/aromatic N) is 4. The van der Waals surface area contributed by atoms with Crippen molar-refractivity contribution in [2.75, 3.05) is 0 Å². The average molecular weight is 707 g/mol. The molecule has 0 saturated carbocycles. The zero-order valence-electron chi connectivity index (χ0n) is 29.0. The molecule has 0 atom stereocenters. The lowest BCUT2D eigenvalue weighted by atomic mass is 9.94. The summed E-state index contributed by atoms with van der Waals surface area (Å²) in [5, 5.41) is 7.27. The van der Waals surface area contributed by atoms with Crippen molar-refractivity contribution >= 4 is 64.1 Å². The minimum Gasteiger partial charge on any atom is -0.309 e. The third-order valence-corrected chi connectivity index (χ3v) is 11.6. The predicted octanol–water partition coefficient (Wildman–Crippen LogP) is 13.2. The molecule has 0 bridgehead atoms. The van der Waals surface area contributed by atoms with E-state index in [1.54, 1.807) is 0 Å². The molecule has 252 valence electrons. The quantitative estimate of drug-likeness (QED) is 0.179. The van der Waals surface area contributed by atoms with Gasteiger partial charge in [-0.3, -0.25) is 0 Å². The van der Waals surface area contributed by atoms with Crippen molar-refractivity contribution in [2.24, 2.45) is 0 Å².